The second kappa shape index (κ2) is 50.2. The summed E-state index contributed by atoms with van der Waals surface area (Å²) in [4.78, 5) is 248. The molecule has 1 aromatic heterocycles. The predicted molar refractivity (Wildman–Crippen MR) is 499 cm³/mol. The van der Waals surface area contributed by atoms with Crippen LogP contribution in [0.1, 0.15) is 99.1 Å². The molecular weight excluding hydrogens is 1810 g/mol. The van der Waals surface area contributed by atoms with Crippen molar-refractivity contribution in [1.29, 1.82) is 0 Å². The van der Waals surface area contributed by atoms with Crippen molar-refractivity contribution in [2.45, 2.75) is 189 Å². The maximum atomic E-state index is 15.9. The number of nitrogens with zero attached hydrogens (tertiary/aromatic N) is 5. The lowest BCUT2D eigenvalue weighted by Crippen LogP contribution is -2.64. The van der Waals surface area contributed by atoms with Crippen molar-refractivity contribution in [3.63, 3.8) is 0 Å². The third kappa shape index (κ3) is 29.0. The molecule has 0 aliphatic carbocycles. The molecule has 6 aromatic carbocycles. The Bertz CT molecular complexity index is 5490. The number of rotatable bonds is 24. The molecule has 42 heteroatoms. The number of likely N-dealkylation sites (N-methyl/N-ethyl adjacent to an activating group) is 3. The van der Waals surface area contributed by atoms with E-state index in [2.05, 4.69) is 52.8 Å². The van der Waals surface area contributed by atoms with E-state index in [1.807, 2.05) is 0 Å². The first-order valence-corrected chi connectivity index (χ1v) is 46.5. The number of aromatic amines is 1. The van der Waals surface area contributed by atoms with Gasteiger partial charge in [0.05, 0.1) is 38.0 Å². The molecule has 0 bridgehead atoms. The minimum atomic E-state index is -1.92. The summed E-state index contributed by atoms with van der Waals surface area (Å²) in [5, 5.41) is 56.5. The molecular formula is C96H119F3N18O20S. The zero-order valence-corrected chi connectivity index (χ0v) is 78.1. The van der Waals surface area contributed by atoms with Gasteiger partial charge in [-0.2, -0.15) is 0 Å². The molecule has 3 fully saturated rings. The minimum Gasteiger partial charge on any atom is -0.508 e. The Morgan fingerprint density at radius 3 is 1.63 bits per heavy atom. The van der Waals surface area contributed by atoms with Gasteiger partial charge in [-0.3, -0.25) is 76.7 Å². The highest BCUT2D eigenvalue weighted by Gasteiger charge is 2.48. The standard InChI is InChI=1S/C96H119F3N18O20S/c1-7-8-25-74-95(135)117-49-62(120)45-76(117)90(130)109-70(46-79(101)121)88(128)112-83(53(2)3)96(136)114(5)75(42-54-18-11-9-12-19-54)89(129)110-72(40-57-28-32-61(119)33-29-57)93(133)116-35-36-137-50-78(116)91(131)108-69(44-59-47-103-66-23-16-15-22-63(59)66)87(127)107-68(39-56-26-30-60(118)31-27-56)86(126)106-67(24-17-34-100)85(125)111-73(84(124)104-48-80(102)122)51-138-52-81(123)105-71(41-58-37-64(97)82(99)65(98)38-58)92(132)115(6)77(94(134)113(74)4)43-55-20-13-10-14-21-55/h9-16,18-23,26-33,37-38,47,53,62,67-78,83,103,118-120H,7-8,17,24-25,34-36,39-46,48-52,100H2,1-6H3,(H2,101,121)(H2,102,122)(H,104,124)(H,105,123)(H,106,126)(H,107,127)(H,108,131)(H,109,130)(H,110,129)(H,111,125)(H,112,128)/t62-,67-,68-,69-,70-,71-,72-,73?,74-,75-,76+,77-,78+,83-/m0/s1. The van der Waals surface area contributed by atoms with Gasteiger partial charge in [-0.1, -0.05) is 137 Å². The van der Waals surface area contributed by atoms with Crippen LogP contribution in [0.5, 0.6) is 11.5 Å². The van der Waals surface area contributed by atoms with E-state index in [0.717, 1.165) is 24.5 Å². The average Bonchev–Trinajstić information content (AvgIpc) is 1.47. The molecule has 7 aromatic rings. The Hall–Kier alpha value is -14.0. The number of fused-ring (bicyclic) bond motifs is 3. The molecule has 740 valence electrons. The number of thioether (sulfide) groups is 1. The number of phenolic OH excluding ortho intramolecular Hbond substituents is 2. The Morgan fingerprint density at radius 2 is 1.03 bits per heavy atom. The molecule has 10 rings (SSSR count). The van der Waals surface area contributed by atoms with Crippen LogP contribution in [0, 0.1) is 23.4 Å². The number of nitrogens with one attached hydrogen (secondary N) is 10. The molecule has 3 aliphatic rings. The number of amides is 16. The van der Waals surface area contributed by atoms with E-state index in [1.165, 1.54) is 69.7 Å². The Labute approximate surface area is 798 Å². The molecule has 3 saturated heterocycles. The van der Waals surface area contributed by atoms with Crippen LogP contribution in [0.4, 0.5) is 13.2 Å². The van der Waals surface area contributed by atoms with Crippen LogP contribution in [-0.4, -0.2) is 296 Å². The summed E-state index contributed by atoms with van der Waals surface area (Å²) >= 11 is 0.645. The van der Waals surface area contributed by atoms with E-state index < -0.39 is 253 Å². The number of unbranched alkanes of at least 4 members (excludes halogenated alkanes) is 1. The van der Waals surface area contributed by atoms with Crippen LogP contribution in [0.15, 0.2) is 152 Å². The third-order valence-corrected chi connectivity index (χ3v) is 25.3. The van der Waals surface area contributed by atoms with E-state index >= 15 is 66.3 Å². The molecule has 0 spiro atoms. The molecule has 138 heavy (non-hydrogen) atoms. The van der Waals surface area contributed by atoms with Crippen molar-refractivity contribution in [2.24, 2.45) is 23.1 Å². The lowest BCUT2D eigenvalue weighted by molar-refractivity contribution is -0.152. The maximum absolute atomic E-state index is 15.9. The summed E-state index contributed by atoms with van der Waals surface area (Å²) in [7, 11) is 3.68. The summed E-state index contributed by atoms with van der Waals surface area (Å²) in [5.41, 5.74) is 19.6. The van der Waals surface area contributed by atoms with Gasteiger partial charge >= 0.3 is 0 Å². The number of hydrogen-bond donors (Lipinski definition) is 16. The zero-order valence-electron chi connectivity index (χ0n) is 77.2. The minimum absolute atomic E-state index is 0.0141. The topological polar surface area (TPSA) is 561 Å². The highest BCUT2D eigenvalue weighted by atomic mass is 32.2. The number of carbonyl (C=O) groups is 16. The van der Waals surface area contributed by atoms with Crippen molar-refractivity contribution >= 4 is 117 Å². The smallest absolute Gasteiger partial charge is 0.246 e. The Balaban J connectivity index is 1.07. The lowest BCUT2D eigenvalue weighted by atomic mass is 9.98. The fourth-order valence-electron chi connectivity index (χ4n) is 16.7. The summed E-state index contributed by atoms with van der Waals surface area (Å²) in [6.45, 7) is 2.46. The number of H-pyrrole nitrogens is 1. The number of ether oxygens (including phenoxy) is 1. The number of aromatic nitrogens is 1. The number of morpholine rings is 1. The van der Waals surface area contributed by atoms with Crippen molar-refractivity contribution in [3.8, 4) is 11.5 Å². The highest BCUT2D eigenvalue weighted by molar-refractivity contribution is 8.00. The SMILES string of the molecule is CCCC[C@H]1C(=O)N2C[C@@H](O)C[C@@H]2C(=O)N[C@@H](CC(N)=O)C(=O)N[C@@H](C(C)C)C(=O)N(C)[C@@H](Cc2ccccc2)C(=O)N[C@@H](Cc2ccc(O)cc2)C(=O)N2CCOC[C@@H]2C(=O)N[C@@H](Cc2c[nH]c3ccccc23)C(=O)N[C@@H](Cc2ccc(O)cc2)C(=O)N[C@@H](CCCN)C(=O)NC(C(=O)NCC(N)=O)CSCC(=O)N[C@@H](Cc2cc(F)c(F)c(F)c2)C(=O)N(C)[C@@H](Cc2ccccc2)C(=O)N1C. The van der Waals surface area contributed by atoms with Crippen molar-refractivity contribution in [2.75, 3.05) is 72.0 Å². The highest BCUT2D eigenvalue weighted by Crippen LogP contribution is 2.29. The number of aromatic hydroxyl groups is 2. The number of para-hydroxylation sites is 1. The number of carbonyl (C=O) groups excluding carboxylic acids is 16. The predicted octanol–water partition coefficient (Wildman–Crippen LogP) is 0.110. The van der Waals surface area contributed by atoms with E-state index in [0.29, 0.717) is 69.0 Å². The number of benzene rings is 6. The van der Waals surface area contributed by atoms with Gasteiger partial charge < -0.3 is 115 Å². The number of aliphatic hydroxyl groups excluding tert-OH is 1. The number of halogens is 3. The van der Waals surface area contributed by atoms with E-state index in [1.54, 1.807) is 112 Å². The maximum Gasteiger partial charge on any atom is 0.246 e. The summed E-state index contributed by atoms with van der Waals surface area (Å²) in [6.07, 6.45) is -3.40. The summed E-state index contributed by atoms with van der Waals surface area (Å²) < 4.78 is 51.1. The van der Waals surface area contributed by atoms with Crippen molar-refractivity contribution in [1.82, 2.24) is 77.3 Å². The van der Waals surface area contributed by atoms with Gasteiger partial charge in [0.2, 0.25) is 94.5 Å². The Morgan fingerprint density at radius 1 is 0.514 bits per heavy atom. The lowest BCUT2D eigenvalue weighted by Gasteiger charge is -2.38. The number of hydrogen-bond acceptors (Lipinski definition) is 22. The molecule has 14 atom stereocenters. The van der Waals surface area contributed by atoms with Gasteiger partial charge in [0.15, 0.2) is 17.5 Å². The van der Waals surface area contributed by atoms with Crippen LogP contribution in [0.2, 0.25) is 0 Å². The number of phenols is 2. The molecule has 4 heterocycles. The summed E-state index contributed by atoms with van der Waals surface area (Å²) in [6, 6.07) is 13.9. The van der Waals surface area contributed by atoms with Crippen LogP contribution < -0.4 is 65.1 Å². The molecule has 38 nitrogen and oxygen atoms in total. The first-order chi connectivity index (χ1) is 65.8. The number of nitrogens with two attached hydrogens (primary N) is 3. The van der Waals surface area contributed by atoms with Crippen LogP contribution in [-0.2, 0) is 120 Å². The fraction of sp³-hybridized carbons (Fsp3) is 0.438. The number of aliphatic hydroxyl groups is 1. The van der Waals surface area contributed by atoms with Crippen LogP contribution in [0.25, 0.3) is 10.9 Å². The summed E-state index contributed by atoms with van der Waals surface area (Å²) in [5.74, 6) is -24.2. The number of primary amides is 2. The fourth-order valence-corrected chi connectivity index (χ4v) is 17.6. The normalized spacial score (nSPS) is 23.7. The molecule has 1 unspecified atom stereocenters. The second-order valence-corrected chi connectivity index (χ2v) is 35.9. The van der Waals surface area contributed by atoms with Gasteiger partial charge in [-0.05, 0) is 108 Å². The van der Waals surface area contributed by atoms with E-state index in [4.69, 9.17) is 21.9 Å². The third-order valence-electron chi connectivity index (χ3n) is 24.3. The zero-order chi connectivity index (χ0) is 100. The van der Waals surface area contributed by atoms with Crippen LogP contribution >= 0.6 is 11.8 Å². The van der Waals surface area contributed by atoms with Gasteiger partial charge in [0.1, 0.15) is 90.0 Å². The van der Waals surface area contributed by atoms with Crippen LogP contribution in [0.3, 0.4) is 0 Å². The van der Waals surface area contributed by atoms with Gasteiger partial charge in [-0.25, -0.2) is 13.2 Å². The Kier molecular flexibility index (Phi) is 38.6. The monoisotopic (exact) mass is 1930 g/mol. The van der Waals surface area contributed by atoms with Gasteiger partial charge in [0, 0.05) is 102 Å². The molecule has 3 aliphatic heterocycles. The van der Waals surface area contributed by atoms with Crippen molar-refractivity contribution in [3.05, 3.63) is 203 Å². The molecule has 19 N–H and O–H groups in total. The first kappa shape index (κ1) is 106. The second-order valence-electron chi connectivity index (χ2n) is 34.8. The molecule has 0 radical (unpaired) electrons. The van der Waals surface area contributed by atoms with E-state index in [-0.39, 0.29) is 94.5 Å². The van der Waals surface area contributed by atoms with Gasteiger partial charge in [-0.15, -0.1) is 11.8 Å². The average molecular weight is 1930 g/mol. The van der Waals surface area contributed by atoms with Crippen molar-refractivity contribution < 1.29 is 110 Å². The van der Waals surface area contributed by atoms with Gasteiger partial charge in [0.25, 0.3) is 0 Å². The molecule has 0 saturated carbocycles. The molecule has 16 amide bonds. The largest absolute Gasteiger partial charge is 0.508 e. The quantitative estimate of drug-likeness (QED) is 0.0357. The van der Waals surface area contributed by atoms with E-state index in [9.17, 15) is 38.9 Å². The first-order valence-electron chi connectivity index (χ1n) is 45.3.